The fourth-order valence-electron chi connectivity index (χ4n) is 4.82. The highest BCUT2D eigenvalue weighted by molar-refractivity contribution is 7.92. The number of sulfonamides is 1. The van der Waals surface area contributed by atoms with Crippen LogP contribution in [0.15, 0.2) is 119 Å². The molecule has 4 aromatic carbocycles. The molecule has 0 bridgehead atoms. The van der Waals surface area contributed by atoms with E-state index in [1.807, 2.05) is 60.9 Å². The highest BCUT2D eigenvalue weighted by Crippen LogP contribution is 2.30. The number of benzene rings is 4. The van der Waals surface area contributed by atoms with Crippen molar-refractivity contribution >= 4 is 51.0 Å². The van der Waals surface area contributed by atoms with Crippen LogP contribution in [0.25, 0.3) is 5.69 Å². The van der Waals surface area contributed by atoms with Gasteiger partial charge >= 0.3 is 0 Å². The zero-order chi connectivity index (χ0) is 30.6. The molecule has 0 saturated heterocycles. The molecule has 0 atom stereocenters. The summed E-state index contributed by atoms with van der Waals surface area (Å²) in [5.74, 6) is -0.553. The van der Waals surface area contributed by atoms with E-state index in [4.69, 9.17) is 23.2 Å². The molecular formula is C33H28Cl2N4O3S. The second-order valence-electron chi connectivity index (χ2n) is 9.78. The van der Waals surface area contributed by atoms with Gasteiger partial charge < -0.3 is 4.57 Å². The number of hydrogen-bond acceptors (Lipinski definition) is 4. The first-order chi connectivity index (χ1) is 20.7. The zero-order valence-corrected chi connectivity index (χ0v) is 25.7. The van der Waals surface area contributed by atoms with E-state index >= 15 is 0 Å². The molecule has 5 rings (SSSR count). The first-order valence-electron chi connectivity index (χ1n) is 13.4. The molecule has 0 saturated carbocycles. The van der Waals surface area contributed by atoms with Gasteiger partial charge in [0.1, 0.15) is 0 Å². The Hall–Kier alpha value is -4.37. The fraction of sp³-hybridized carbons (Fsp3) is 0.0909. The van der Waals surface area contributed by atoms with Gasteiger partial charge in [-0.05, 0) is 67.9 Å². The number of nitrogens with zero attached hydrogens (tertiary/aromatic N) is 3. The van der Waals surface area contributed by atoms with Gasteiger partial charge in [0.15, 0.2) is 0 Å². The minimum absolute atomic E-state index is 0.0326. The van der Waals surface area contributed by atoms with Crippen LogP contribution in [0.3, 0.4) is 0 Å². The van der Waals surface area contributed by atoms with Gasteiger partial charge in [0.25, 0.3) is 15.9 Å². The van der Waals surface area contributed by atoms with Crippen molar-refractivity contribution in [3.63, 3.8) is 0 Å². The smallest absolute Gasteiger partial charge is 0.273 e. The largest absolute Gasteiger partial charge is 0.316 e. The minimum atomic E-state index is -4.02. The van der Waals surface area contributed by atoms with E-state index in [0.29, 0.717) is 10.0 Å². The first kappa shape index (κ1) is 30.1. The van der Waals surface area contributed by atoms with Crippen molar-refractivity contribution < 1.29 is 13.2 Å². The molecule has 0 unspecified atom stereocenters. The van der Waals surface area contributed by atoms with E-state index < -0.39 is 15.9 Å². The van der Waals surface area contributed by atoms with Crippen LogP contribution in [0.5, 0.6) is 0 Å². The summed E-state index contributed by atoms with van der Waals surface area (Å²) in [6.07, 6.45) is 1.55. The van der Waals surface area contributed by atoms with Crippen molar-refractivity contribution in [2.45, 2.75) is 25.3 Å². The molecule has 0 aliphatic carbocycles. The van der Waals surface area contributed by atoms with E-state index in [0.717, 1.165) is 28.2 Å². The molecule has 10 heteroatoms. The molecule has 5 aromatic rings. The lowest BCUT2D eigenvalue weighted by molar-refractivity contribution is 0.0955. The van der Waals surface area contributed by atoms with Crippen molar-refractivity contribution in [2.75, 3.05) is 4.31 Å². The summed E-state index contributed by atoms with van der Waals surface area (Å²) in [6.45, 7) is 3.90. The highest BCUT2D eigenvalue weighted by Gasteiger charge is 2.28. The third kappa shape index (κ3) is 6.51. The Labute approximate surface area is 261 Å². The maximum absolute atomic E-state index is 13.9. The number of aryl methyl sites for hydroxylation is 1. The molecule has 0 aliphatic heterocycles. The Bertz CT molecular complexity index is 1910. The summed E-state index contributed by atoms with van der Waals surface area (Å²) in [7, 11) is -4.02. The molecular weight excluding hydrogens is 603 g/mol. The lowest BCUT2D eigenvalue weighted by atomic mass is 10.1. The lowest BCUT2D eigenvalue weighted by Gasteiger charge is -2.26. The van der Waals surface area contributed by atoms with Crippen LogP contribution >= 0.6 is 23.2 Å². The molecule has 1 amide bonds. The third-order valence-electron chi connectivity index (χ3n) is 6.91. The molecule has 0 radical (unpaired) electrons. The van der Waals surface area contributed by atoms with Gasteiger partial charge in [-0.3, -0.25) is 9.10 Å². The zero-order valence-electron chi connectivity index (χ0n) is 23.4. The van der Waals surface area contributed by atoms with Crippen LogP contribution < -0.4 is 9.73 Å². The number of para-hydroxylation sites is 1. The van der Waals surface area contributed by atoms with Crippen molar-refractivity contribution in [1.82, 2.24) is 9.99 Å². The number of anilines is 1. The average molecular weight is 632 g/mol. The molecule has 0 spiro atoms. The topological polar surface area (TPSA) is 83.8 Å². The van der Waals surface area contributed by atoms with E-state index in [2.05, 4.69) is 10.5 Å². The number of aromatic nitrogens is 1. The second kappa shape index (κ2) is 12.9. The number of amides is 1. The van der Waals surface area contributed by atoms with Crippen LogP contribution in [0.1, 0.15) is 32.9 Å². The summed E-state index contributed by atoms with van der Waals surface area (Å²) in [5, 5.41) is 5.26. The van der Waals surface area contributed by atoms with Crippen molar-refractivity contribution in [3.8, 4) is 5.69 Å². The van der Waals surface area contributed by atoms with Gasteiger partial charge in [-0.2, -0.15) is 5.10 Å². The molecule has 1 aromatic heterocycles. The predicted molar refractivity (Wildman–Crippen MR) is 173 cm³/mol. The number of halogens is 2. The van der Waals surface area contributed by atoms with Crippen LogP contribution in [-0.2, 0) is 16.6 Å². The average Bonchev–Trinajstić information content (AvgIpc) is 3.29. The third-order valence-corrected chi connectivity index (χ3v) is 9.22. The SMILES string of the molecule is Cc1cc(/C=N/NC(=O)c2ccccc2N(Cc2ccccc2)S(=O)(=O)c2ccccc2)c(C)n1-c1ccc(Cl)cc1Cl. The quantitative estimate of drug-likeness (QED) is 0.135. The summed E-state index contributed by atoms with van der Waals surface area (Å²) >= 11 is 12.5. The molecule has 1 heterocycles. The van der Waals surface area contributed by atoms with Gasteiger partial charge in [-0.25, -0.2) is 13.8 Å². The fourth-order valence-corrected chi connectivity index (χ4v) is 6.81. The Morgan fingerprint density at radius 3 is 2.23 bits per heavy atom. The van der Waals surface area contributed by atoms with E-state index in [1.165, 1.54) is 16.4 Å². The van der Waals surface area contributed by atoms with Crippen LogP contribution in [0.2, 0.25) is 10.0 Å². The lowest BCUT2D eigenvalue weighted by Crippen LogP contribution is -2.33. The molecule has 7 nitrogen and oxygen atoms in total. The molecule has 0 fully saturated rings. The van der Waals surface area contributed by atoms with Gasteiger partial charge in [-0.15, -0.1) is 0 Å². The Morgan fingerprint density at radius 2 is 1.53 bits per heavy atom. The number of carbonyl (C=O) groups is 1. The van der Waals surface area contributed by atoms with Gasteiger partial charge in [0.2, 0.25) is 0 Å². The monoisotopic (exact) mass is 630 g/mol. The number of hydrogen-bond donors (Lipinski definition) is 1. The number of carbonyl (C=O) groups excluding carboxylic acids is 1. The Balaban J connectivity index is 1.45. The Kier molecular flexibility index (Phi) is 9.01. The van der Waals surface area contributed by atoms with Crippen LogP contribution in [0, 0.1) is 13.8 Å². The van der Waals surface area contributed by atoms with E-state index in [-0.39, 0.29) is 22.7 Å². The second-order valence-corrected chi connectivity index (χ2v) is 12.5. The summed E-state index contributed by atoms with van der Waals surface area (Å²) in [5.41, 5.74) is 7.06. The summed E-state index contributed by atoms with van der Waals surface area (Å²) in [4.78, 5) is 13.6. The van der Waals surface area contributed by atoms with Gasteiger partial charge in [-0.1, -0.05) is 83.9 Å². The molecule has 0 aliphatic rings. The van der Waals surface area contributed by atoms with Crippen molar-refractivity contribution in [3.05, 3.63) is 147 Å². The summed E-state index contributed by atoms with van der Waals surface area (Å²) in [6, 6.07) is 31.2. The standard InChI is InChI=1S/C33H28Cl2N4O3S/c1-23-19-26(24(2)39(23)32-18-17-27(34)20-30(32)35)21-36-37-33(40)29-15-9-10-16-31(29)38(22-25-11-5-3-6-12-25)43(41,42)28-13-7-4-8-14-28/h3-21H,22H2,1-2H3,(H,37,40)/b36-21+. The maximum Gasteiger partial charge on any atom is 0.273 e. The van der Waals surface area contributed by atoms with Crippen molar-refractivity contribution in [2.24, 2.45) is 5.10 Å². The maximum atomic E-state index is 13.9. The normalized spacial score (nSPS) is 11.5. The van der Waals surface area contributed by atoms with Crippen LogP contribution in [0.4, 0.5) is 5.69 Å². The van der Waals surface area contributed by atoms with E-state index in [9.17, 15) is 13.2 Å². The first-order valence-corrected chi connectivity index (χ1v) is 15.5. The van der Waals surface area contributed by atoms with Gasteiger partial charge in [0.05, 0.1) is 39.6 Å². The predicted octanol–water partition coefficient (Wildman–Crippen LogP) is 7.56. The molecule has 43 heavy (non-hydrogen) atoms. The van der Waals surface area contributed by atoms with E-state index in [1.54, 1.807) is 60.8 Å². The number of rotatable bonds is 9. The summed E-state index contributed by atoms with van der Waals surface area (Å²) < 4.78 is 31.0. The number of hydrazone groups is 1. The number of nitrogens with one attached hydrogen (secondary N) is 1. The highest BCUT2D eigenvalue weighted by atomic mass is 35.5. The molecule has 218 valence electrons. The Morgan fingerprint density at radius 1 is 0.884 bits per heavy atom. The van der Waals surface area contributed by atoms with Crippen molar-refractivity contribution in [1.29, 1.82) is 0 Å². The van der Waals surface area contributed by atoms with Gasteiger partial charge in [0, 0.05) is 22.0 Å². The minimum Gasteiger partial charge on any atom is -0.316 e. The van der Waals surface area contributed by atoms with Crippen LogP contribution in [-0.4, -0.2) is 25.1 Å². The molecule has 1 N–H and O–H groups in total.